The van der Waals surface area contributed by atoms with E-state index in [0.29, 0.717) is 28.1 Å². The summed E-state index contributed by atoms with van der Waals surface area (Å²) >= 11 is 0. The third kappa shape index (κ3) is 2.67. The Morgan fingerprint density at radius 2 is 1.97 bits per heavy atom. The number of furan rings is 1. The fraction of sp³-hybridized carbons (Fsp3) is 0.261. The van der Waals surface area contributed by atoms with E-state index in [2.05, 4.69) is 23.1 Å². The molecule has 0 saturated heterocycles. The monoisotopic (exact) mass is 387 g/mol. The number of fused-ring (bicyclic) bond motifs is 2. The van der Waals surface area contributed by atoms with E-state index in [1.54, 1.807) is 0 Å². The lowest BCUT2D eigenvalue weighted by Crippen LogP contribution is -2.35. The Morgan fingerprint density at radius 1 is 1.17 bits per heavy atom. The van der Waals surface area contributed by atoms with Gasteiger partial charge >= 0.3 is 0 Å². The fourth-order valence-electron chi connectivity index (χ4n) is 4.29. The SMILES string of the molecule is Cc1cc(-c2cc(C(=O)N3c4ccccc4C[C@@H]3C)c3c(C)noc3n2)c(C)o1. The van der Waals surface area contributed by atoms with E-state index >= 15 is 0 Å². The summed E-state index contributed by atoms with van der Waals surface area (Å²) in [5.74, 6) is 1.48. The van der Waals surface area contributed by atoms with Gasteiger partial charge in [0.1, 0.15) is 11.5 Å². The molecule has 1 amide bonds. The third-order valence-corrected chi connectivity index (χ3v) is 5.59. The normalized spacial score (nSPS) is 15.9. The number of aryl methyl sites for hydroxylation is 3. The minimum Gasteiger partial charge on any atom is -0.466 e. The summed E-state index contributed by atoms with van der Waals surface area (Å²) in [4.78, 5) is 20.2. The molecule has 3 aromatic heterocycles. The highest BCUT2D eigenvalue weighted by molar-refractivity contribution is 6.15. The molecule has 5 rings (SSSR count). The standard InChI is InChI=1S/C23H21N3O3/c1-12-9-16-7-5-6-8-20(16)26(12)23(27)18-11-19(17-10-13(2)28-15(17)4)24-22-21(18)14(3)25-29-22/h5-8,10-12H,9H2,1-4H3/t12-/m0/s1. The van der Waals surface area contributed by atoms with E-state index < -0.39 is 0 Å². The first-order valence-electron chi connectivity index (χ1n) is 9.70. The van der Waals surface area contributed by atoms with Gasteiger partial charge in [-0.05, 0) is 57.9 Å². The van der Waals surface area contributed by atoms with Crippen LogP contribution in [0.4, 0.5) is 5.69 Å². The zero-order valence-corrected chi connectivity index (χ0v) is 16.8. The fourth-order valence-corrected chi connectivity index (χ4v) is 4.29. The van der Waals surface area contributed by atoms with Gasteiger partial charge in [-0.1, -0.05) is 23.4 Å². The second-order valence-electron chi connectivity index (χ2n) is 7.69. The number of pyridine rings is 1. The molecule has 1 aliphatic heterocycles. The van der Waals surface area contributed by atoms with Crippen molar-refractivity contribution in [1.29, 1.82) is 0 Å². The molecule has 6 heteroatoms. The van der Waals surface area contributed by atoms with Crippen LogP contribution in [0, 0.1) is 20.8 Å². The summed E-state index contributed by atoms with van der Waals surface area (Å²) in [6.45, 7) is 7.68. The molecule has 0 aliphatic carbocycles. The van der Waals surface area contributed by atoms with E-state index in [1.807, 2.05) is 56.0 Å². The highest BCUT2D eigenvalue weighted by Crippen LogP contribution is 2.36. The molecule has 6 nitrogen and oxygen atoms in total. The highest BCUT2D eigenvalue weighted by Gasteiger charge is 2.33. The van der Waals surface area contributed by atoms with E-state index in [9.17, 15) is 4.79 Å². The van der Waals surface area contributed by atoms with Crippen molar-refractivity contribution in [2.75, 3.05) is 4.90 Å². The van der Waals surface area contributed by atoms with E-state index in [1.165, 1.54) is 5.56 Å². The minimum absolute atomic E-state index is 0.0692. The van der Waals surface area contributed by atoms with Crippen molar-refractivity contribution in [3.05, 3.63) is 64.7 Å². The van der Waals surface area contributed by atoms with Gasteiger partial charge in [0.05, 0.1) is 22.3 Å². The zero-order chi connectivity index (χ0) is 20.3. The van der Waals surface area contributed by atoms with Crippen molar-refractivity contribution >= 4 is 22.7 Å². The van der Waals surface area contributed by atoms with Gasteiger partial charge in [0, 0.05) is 17.3 Å². The number of carbonyl (C=O) groups excluding carboxylic acids is 1. The Balaban J connectivity index is 1.71. The Bertz CT molecular complexity index is 1270. The van der Waals surface area contributed by atoms with Crippen molar-refractivity contribution < 1.29 is 13.7 Å². The van der Waals surface area contributed by atoms with Gasteiger partial charge in [0.25, 0.3) is 11.6 Å². The number of rotatable bonds is 2. The van der Waals surface area contributed by atoms with Gasteiger partial charge in [0.2, 0.25) is 0 Å². The number of aromatic nitrogens is 2. The number of amides is 1. The molecule has 0 spiro atoms. The third-order valence-electron chi connectivity index (χ3n) is 5.59. The number of hydrogen-bond acceptors (Lipinski definition) is 5. The zero-order valence-electron chi connectivity index (χ0n) is 16.8. The molecule has 0 saturated carbocycles. The maximum atomic E-state index is 13.8. The molecule has 0 unspecified atom stereocenters. The average Bonchev–Trinajstić information content (AvgIpc) is 3.34. The molecule has 4 aromatic rings. The van der Waals surface area contributed by atoms with Crippen LogP contribution in [0.2, 0.25) is 0 Å². The number of hydrogen-bond donors (Lipinski definition) is 0. The lowest BCUT2D eigenvalue weighted by Gasteiger charge is -2.23. The van der Waals surface area contributed by atoms with E-state index in [4.69, 9.17) is 8.94 Å². The van der Waals surface area contributed by atoms with Crippen molar-refractivity contribution in [3.8, 4) is 11.3 Å². The van der Waals surface area contributed by atoms with Crippen LogP contribution < -0.4 is 4.90 Å². The summed E-state index contributed by atoms with van der Waals surface area (Å²) in [7, 11) is 0. The second kappa shape index (κ2) is 6.30. The van der Waals surface area contributed by atoms with Crippen LogP contribution in [0.25, 0.3) is 22.4 Å². The maximum absolute atomic E-state index is 13.8. The highest BCUT2D eigenvalue weighted by atomic mass is 16.5. The van der Waals surface area contributed by atoms with Crippen molar-refractivity contribution in [2.24, 2.45) is 0 Å². The first-order valence-corrected chi connectivity index (χ1v) is 9.70. The molecule has 1 aliphatic rings. The van der Waals surface area contributed by atoms with Crippen LogP contribution in [0.5, 0.6) is 0 Å². The Morgan fingerprint density at radius 3 is 2.72 bits per heavy atom. The topological polar surface area (TPSA) is 72.4 Å². The average molecular weight is 387 g/mol. The Hall–Kier alpha value is -3.41. The molecule has 1 atom stereocenters. The number of benzene rings is 1. The predicted molar refractivity (Wildman–Crippen MR) is 110 cm³/mol. The minimum atomic E-state index is -0.0692. The van der Waals surface area contributed by atoms with Gasteiger partial charge < -0.3 is 13.8 Å². The molecule has 0 N–H and O–H groups in total. The lowest BCUT2D eigenvalue weighted by molar-refractivity contribution is 0.0983. The molecule has 1 aromatic carbocycles. The van der Waals surface area contributed by atoms with E-state index in [0.717, 1.165) is 29.2 Å². The van der Waals surface area contributed by atoms with Gasteiger partial charge in [-0.25, -0.2) is 4.98 Å². The summed E-state index contributed by atoms with van der Waals surface area (Å²) in [6.07, 6.45) is 0.839. The van der Waals surface area contributed by atoms with Gasteiger partial charge in [-0.3, -0.25) is 4.79 Å². The van der Waals surface area contributed by atoms with Crippen molar-refractivity contribution in [1.82, 2.24) is 10.1 Å². The van der Waals surface area contributed by atoms with Crippen LogP contribution in [-0.4, -0.2) is 22.1 Å². The summed E-state index contributed by atoms with van der Waals surface area (Å²) in [5, 5.41) is 4.72. The first kappa shape index (κ1) is 17.7. The van der Waals surface area contributed by atoms with Crippen LogP contribution in [0.3, 0.4) is 0 Å². The van der Waals surface area contributed by atoms with Crippen molar-refractivity contribution in [3.63, 3.8) is 0 Å². The number of nitrogens with zero attached hydrogens (tertiary/aromatic N) is 3. The molecule has 0 fully saturated rings. The Kier molecular flexibility index (Phi) is 3.84. The number of anilines is 1. The van der Waals surface area contributed by atoms with Crippen LogP contribution in [0.1, 0.15) is 40.1 Å². The molecule has 0 bridgehead atoms. The molecular formula is C23H21N3O3. The smallest absolute Gasteiger partial charge is 0.259 e. The summed E-state index contributed by atoms with van der Waals surface area (Å²) in [6, 6.07) is 11.9. The van der Waals surface area contributed by atoms with Crippen LogP contribution in [0.15, 0.2) is 45.3 Å². The molecule has 0 radical (unpaired) electrons. The molecule has 29 heavy (non-hydrogen) atoms. The predicted octanol–water partition coefficient (Wildman–Crippen LogP) is 5.00. The number of carbonyl (C=O) groups is 1. The van der Waals surface area contributed by atoms with Crippen LogP contribution >= 0.6 is 0 Å². The second-order valence-corrected chi connectivity index (χ2v) is 7.69. The van der Waals surface area contributed by atoms with Crippen LogP contribution in [-0.2, 0) is 6.42 Å². The van der Waals surface area contributed by atoms with E-state index in [-0.39, 0.29) is 11.9 Å². The van der Waals surface area contributed by atoms with Gasteiger partial charge in [-0.2, -0.15) is 0 Å². The maximum Gasteiger partial charge on any atom is 0.259 e. The molecule has 146 valence electrons. The Labute approximate surface area is 168 Å². The summed E-state index contributed by atoms with van der Waals surface area (Å²) < 4.78 is 11.1. The van der Waals surface area contributed by atoms with Gasteiger partial charge in [-0.15, -0.1) is 0 Å². The molecule has 4 heterocycles. The first-order chi connectivity index (χ1) is 13.9. The summed E-state index contributed by atoms with van der Waals surface area (Å²) in [5.41, 5.74) is 5.20. The number of para-hydroxylation sites is 1. The lowest BCUT2D eigenvalue weighted by atomic mass is 10.0. The largest absolute Gasteiger partial charge is 0.466 e. The quantitative estimate of drug-likeness (QED) is 0.484. The molecular weight excluding hydrogens is 366 g/mol. The van der Waals surface area contributed by atoms with Gasteiger partial charge in [0.15, 0.2) is 0 Å². The van der Waals surface area contributed by atoms with Crippen molar-refractivity contribution in [2.45, 2.75) is 40.2 Å².